The van der Waals surface area contributed by atoms with Gasteiger partial charge in [-0.1, -0.05) is 23.7 Å². The second kappa shape index (κ2) is 10.5. The van der Waals surface area contributed by atoms with Crippen molar-refractivity contribution >= 4 is 40.7 Å². The number of aliphatic hydroxyl groups is 3. The summed E-state index contributed by atoms with van der Waals surface area (Å²) in [7, 11) is 0. The molecule has 224 valence electrons. The molecule has 1 saturated carbocycles. The standard InChI is InChI=1S/C31H29ClN2O9/c32-17-5-3-13(4-6-17)18-10-15(12-34-30(41)21-2-1-7-43-21)25(36)23-19(18)9-14-8-16-11-20(35)24(29(33)40)28(39)31(16,42)27(38)22(14)26(23)37/h3-6,10,14,16,21,36-37,39,42H,1-2,7-9,11-12H2,(H2,33,40)(H,34,41)/t14-,16+,21?,31+/m1/s1. The van der Waals surface area contributed by atoms with Crippen molar-refractivity contribution < 1.29 is 44.3 Å². The van der Waals surface area contributed by atoms with Crippen LogP contribution in [0.4, 0.5) is 0 Å². The Hall–Kier alpha value is -4.19. The summed E-state index contributed by atoms with van der Waals surface area (Å²) in [6.45, 7) is 0.366. The van der Waals surface area contributed by atoms with Crippen molar-refractivity contribution in [3.8, 4) is 16.9 Å². The van der Waals surface area contributed by atoms with Crippen LogP contribution in [0.5, 0.6) is 5.75 Å². The molecule has 11 nitrogen and oxygen atoms in total. The molecule has 4 atom stereocenters. The molecule has 1 saturated heterocycles. The number of nitrogens with one attached hydrogen (secondary N) is 1. The number of phenolic OH excluding ortho intramolecular Hbond substituents is 1. The van der Waals surface area contributed by atoms with Crippen LogP contribution >= 0.6 is 11.6 Å². The molecule has 2 amide bonds. The van der Waals surface area contributed by atoms with Crippen LogP contribution in [0.25, 0.3) is 16.9 Å². The molecular weight excluding hydrogens is 580 g/mol. The Kier molecular flexibility index (Phi) is 7.07. The molecule has 0 spiro atoms. The lowest BCUT2D eigenvalue weighted by molar-refractivity contribution is -0.147. The number of primary amides is 1. The van der Waals surface area contributed by atoms with Crippen molar-refractivity contribution in [1.29, 1.82) is 0 Å². The number of carbonyl (C=O) groups excluding carboxylic acids is 4. The summed E-state index contributed by atoms with van der Waals surface area (Å²) in [6.07, 6.45) is 0.482. The molecule has 1 aliphatic heterocycles. The summed E-state index contributed by atoms with van der Waals surface area (Å²) >= 11 is 6.12. The number of carbonyl (C=O) groups is 4. The first-order valence-electron chi connectivity index (χ1n) is 13.9. The number of fused-ring (bicyclic) bond motifs is 3. The third-order valence-corrected chi connectivity index (χ3v) is 9.23. The van der Waals surface area contributed by atoms with Crippen LogP contribution in [0.3, 0.4) is 0 Å². The normalized spacial score (nSPS) is 26.6. The maximum atomic E-state index is 13.9. The van der Waals surface area contributed by atoms with Gasteiger partial charge in [0.1, 0.15) is 28.9 Å². The fourth-order valence-electron chi connectivity index (χ4n) is 6.85. The van der Waals surface area contributed by atoms with E-state index in [9.17, 15) is 39.6 Å². The quantitative estimate of drug-likeness (QED) is 0.276. The smallest absolute Gasteiger partial charge is 0.255 e. The van der Waals surface area contributed by atoms with E-state index in [1.807, 2.05) is 0 Å². The predicted octanol–water partition coefficient (Wildman–Crippen LogP) is 2.54. The van der Waals surface area contributed by atoms with Gasteiger partial charge in [0.25, 0.3) is 5.91 Å². The second-order valence-corrected chi connectivity index (χ2v) is 11.9. The molecule has 0 bridgehead atoms. The topological polar surface area (TPSA) is 196 Å². The van der Waals surface area contributed by atoms with Crippen LogP contribution in [0.2, 0.25) is 5.02 Å². The van der Waals surface area contributed by atoms with E-state index in [0.29, 0.717) is 34.7 Å². The van der Waals surface area contributed by atoms with Crippen molar-refractivity contribution in [3.63, 3.8) is 0 Å². The second-order valence-electron chi connectivity index (χ2n) is 11.4. The van der Waals surface area contributed by atoms with E-state index in [2.05, 4.69) is 5.32 Å². The number of aliphatic hydroxyl groups excluding tert-OH is 2. The monoisotopic (exact) mass is 608 g/mol. The highest BCUT2D eigenvalue weighted by Gasteiger charge is 2.60. The molecule has 1 heterocycles. The number of ether oxygens (including phenoxy) is 1. The van der Waals surface area contributed by atoms with Gasteiger partial charge in [0.2, 0.25) is 11.7 Å². The first-order valence-corrected chi connectivity index (χ1v) is 14.3. The minimum atomic E-state index is -2.66. The zero-order chi connectivity index (χ0) is 30.8. The number of hydrogen-bond acceptors (Lipinski definition) is 9. The fraction of sp³-hybridized carbons (Fsp3) is 0.355. The molecule has 2 aromatic rings. The number of benzene rings is 2. The summed E-state index contributed by atoms with van der Waals surface area (Å²) < 4.78 is 5.44. The van der Waals surface area contributed by atoms with Gasteiger partial charge in [0.15, 0.2) is 11.4 Å². The number of ketones is 2. The van der Waals surface area contributed by atoms with E-state index in [1.54, 1.807) is 30.3 Å². The zero-order valence-corrected chi connectivity index (χ0v) is 23.6. The summed E-state index contributed by atoms with van der Waals surface area (Å²) in [5.74, 6) is -7.35. The van der Waals surface area contributed by atoms with E-state index in [1.165, 1.54) is 0 Å². The number of rotatable bonds is 5. The summed E-state index contributed by atoms with van der Waals surface area (Å²) in [6, 6.07) is 8.59. The van der Waals surface area contributed by atoms with Crippen LogP contribution in [0, 0.1) is 11.8 Å². The minimum Gasteiger partial charge on any atom is -0.508 e. The van der Waals surface area contributed by atoms with Crippen LogP contribution in [0.1, 0.15) is 42.4 Å². The number of Topliss-reactive ketones (excluding diaryl/α,β-unsaturated/α-hetero) is 2. The number of halogens is 1. The van der Waals surface area contributed by atoms with E-state index >= 15 is 0 Å². The molecule has 12 heteroatoms. The lowest BCUT2D eigenvalue weighted by Gasteiger charge is -2.46. The van der Waals surface area contributed by atoms with Gasteiger partial charge in [0.05, 0.1) is 5.56 Å². The first-order chi connectivity index (χ1) is 20.4. The van der Waals surface area contributed by atoms with Gasteiger partial charge in [-0.25, -0.2) is 0 Å². The van der Waals surface area contributed by atoms with Gasteiger partial charge in [-0.05, 0) is 66.5 Å². The minimum absolute atomic E-state index is 0.0168. The molecule has 6 rings (SSSR count). The number of amides is 2. The van der Waals surface area contributed by atoms with Gasteiger partial charge in [-0.2, -0.15) is 0 Å². The van der Waals surface area contributed by atoms with Crippen LogP contribution in [-0.4, -0.2) is 62.1 Å². The molecule has 0 aromatic heterocycles. The lowest BCUT2D eigenvalue weighted by atomic mass is 9.59. The molecule has 3 aliphatic carbocycles. The molecule has 7 N–H and O–H groups in total. The average Bonchev–Trinajstić information content (AvgIpc) is 3.50. The highest BCUT2D eigenvalue weighted by atomic mass is 35.5. The van der Waals surface area contributed by atoms with Gasteiger partial charge in [-0.15, -0.1) is 0 Å². The summed E-state index contributed by atoms with van der Waals surface area (Å²) in [5, 5.41) is 48.6. The van der Waals surface area contributed by atoms with Crippen molar-refractivity contribution in [2.75, 3.05) is 6.61 Å². The fourth-order valence-corrected chi connectivity index (χ4v) is 6.97. The highest BCUT2D eigenvalue weighted by molar-refractivity contribution is 6.30. The van der Waals surface area contributed by atoms with E-state index in [0.717, 1.165) is 6.42 Å². The largest absolute Gasteiger partial charge is 0.508 e. The third kappa shape index (κ3) is 4.50. The third-order valence-electron chi connectivity index (χ3n) is 8.97. The molecule has 2 aromatic carbocycles. The average molecular weight is 609 g/mol. The highest BCUT2D eigenvalue weighted by Crippen LogP contribution is 2.53. The van der Waals surface area contributed by atoms with Crippen molar-refractivity contribution in [2.24, 2.45) is 17.6 Å². The van der Waals surface area contributed by atoms with Gasteiger partial charge >= 0.3 is 0 Å². The molecule has 1 unspecified atom stereocenters. The van der Waals surface area contributed by atoms with Crippen molar-refractivity contribution in [3.05, 3.63) is 69.0 Å². The Labute approximate surface area is 250 Å². The van der Waals surface area contributed by atoms with E-state index < -0.39 is 64.5 Å². The summed E-state index contributed by atoms with van der Waals surface area (Å²) in [4.78, 5) is 51.1. The summed E-state index contributed by atoms with van der Waals surface area (Å²) in [5.41, 5.74) is 3.54. The van der Waals surface area contributed by atoms with Crippen LogP contribution in [0.15, 0.2) is 47.2 Å². The lowest BCUT2D eigenvalue weighted by Crippen LogP contribution is -2.58. The number of nitrogens with two attached hydrogens (primary N) is 1. The van der Waals surface area contributed by atoms with Gasteiger partial charge in [-0.3, -0.25) is 19.2 Å². The van der Waals surface area contributed by atoms with Gasteiger partial charge < -0.3 is 36.2 Å². The van der Waals surface area contributed by atoms with E-state index in [-0.39, 0.29) is 47.7 Å². The predicted molar refractivity (Wildman–Crippen MR) is 153 cm³/mol. The number of hydrogen-bond donors (Lipinski definition) is 6. The maximum Gasteiger partial charge on any atom is 0.255 e. The van der Waals surface area contributed by atoms with Crippen LogP contribution < -0.4 is 11.1 Å². The van der Waals surface area contributed by atoms with E-state index in [4.69, 9.17) is 22.1 Å². The SMILES string of the molecule is NC(=O)C1=C(O)[C@@]2(O)C(=O)C3=C(O)c4c(O)c(CNC(=O)C5CCCO5)cc(-c5ccc(Cl)cc5)c4C[C@H]3C[C@H]2CC1=O. The molecule has 43 heavy (non-hydrogen) atoms. The Morgan fingerprint density at radius 2 is 1.84 bits per heavy atom. The number of phenols is 1. The molecule has 2 fully saturated rings. The maximum absolute atomic E-state index is 13.9. The van der Waals surface area contributed by atoms with Crippen molar-refractivity contribution in [2.45, 2.75) is 50.4 Å². The molecule has 0 radical (unpaired) electrons. The van der Waals surface area contributed by atoms with Crippen molar-refractivity contribution in [1.82, 2.24) is 5.32 Å². The number of aromatic hydroxyl groups is 1. The Morgan fingerprint density at radius 1 is 1.12 bits per heavy atom. The Bertz CT molecular complexity index is 1660. The van der Waals surface area contributed by atoms with Crippen LogP contribution in [-0.2, 0) is 36.9 Å². The molecule has 4 aliphatic rings. The van der Waals surface area contributed by atoms with Gasteiger partial charge in [0, 0.05) is 41.6 Å². The Balaban J connectivity index is 1.49. The molecular formula is C31H29ClN2O9. The first kappa shape index (κ1) is 28.9. The Morgan fingerprint density at radius 3 is 2.49 bits per heavy atom. The zero-order valence-electron chi connectivity index (χ0n) is 22.9.